The van der Waals surface area contributed by atoms with Gasteiger partial charge >= 0.3 is 0 Å². The summed E-state index contributed by atoms with van der Waals surface area (Å²) >= 11 is 1.73. The molecule has 0 bridgehead atoms. The number of nitrogens with zero attached hydrogens (tertiary/aromatic N) is 2. The molecule has 1 N–H and O–H groups in total. The van der Waals surface area contributed by atoms with Gasteiger partial charge in [-0.05, 0) is 30.0 Å². The minimum Gasteiger partial charge on any atom is -0.379 e. The van der Waals surface area contributed by atoms with Crippen LogP contribution >= 0.6 is 11.3 Å². The molecule has 1 aliphatic heterocycles. The Kier molecular flexibility index (Phi) is 3.96. The first-order chi connectivity index (χ1) is 10.2. The molecule has 1 aliphatic rings. The Bertz CT molecular complexity index is 697. The van der Waals surface area contributed by atoms with Crippen LogP contribution in [0.25, 0.3) is 0 Å². The molecule has 4 heteroatoms. The summed E-state index contributed by atoms with van der Waals surface area (Å²) in [5.41, 5.74) is 4.86. The highest BCUT2D eigenvalue weighted by molar-refractivity contribution is 7.16. The Balaban J connectivity index is 1.81. The van der Waals surface area contributed by atoms with E-state index in [0.29, 0.717) is 0 Å². The minimum atomic E-state index is 0.855. The van der Waals surface area contributed by atoms with Gasteiger partial charge in [0, 0.05) is 31.6 Å². The van der Waals surface area contributed by atoms with Gasteiger partial charge in [-0.3, -0.25) is 4.90 Å². The third-order valence-corrected chi connectivity index (χ3v) is 5.36. The summed E-state index contributed by atoms with van der Waals surface area (Å²) in [7, 11) is 1.89. The summed E-state index contributed by atoms with van der Waals surface area (Å²) in [6.45, 7) is 5.13. The third kappa shape index (κ3) is 2.67. The fourth-order valence-electron chi connectivity index (χ4n) is 2.91. The van der Waals surface area contributed by atoms with Crippen LogP contribution in [-0.2, 0) is 19.5 Å². The van der Waals surface area contributed by atoms with E-state index >= 15 is 0 Å². The molecular weight excluding hydrogens is 278 g/mol. The van der Waals surface area contributed by atoms with Crippen molar-refractivity contribution in [2.45, 2.75) is 26.4 Å². The smallest absolute Gasteiger partial charge is 0.107 e. The molecule has 1 aromatic carbocycles. The molecule has 2 heterocycles. The first kappa shape index (κ1) is 14.1. The van der Waals surface area contributed by atoms with Crippen LogP contribution in [0.2, 0.25) is 0 Å². The average molecular weight is 297 g/mol. The van der Waals surface area contributed by atoms with Gasteiger partial charge in [0.05, 0.1) is 5.56 Å². The normalized spacial score (nSPS) is 14.5. The summed E-state index contributed by atoms with van der Waals surface area (Å²) in [6, 6.07) is 10.9. The molecular formula is C17H19N3S. The van der Waals surface area contributed by atoms with Gasteiger partial charge in [-0.1, -0.05) is 24.3 Å². The van der Waals surface area contributed by atoms with Gasteiger partial charge in [0.25, 0.3) is 0 Å². The summed E-state index contributed by atoms with van der Waals surface area (Å²) in [5, 5.41) is 13.5. The van der Waals surface area contributed by atoms with Crippen LogP contribution in [0, 0.1) is 18.3 Å². The zero-order chi connectivity index (χ0) is 14.8. The van der Waals surface area contributed by atoms with E-state index in [-0.39, 0.29) is 0 Å². The number of benzene rings is 1. The lowest BCUT2D eigenvalue weighted by Gasteiger charge is -2.27. The highest BCUT2D eigenvalue weighted by Gasteiger charge is 2.24. The number of rotatable bonds is 3. The number of anilines is 1. The number of thiophene rings is 1. The van der Waals surface area contributed by atoms with E-state index in [1.165, 1.54) is 21.6 Å². The molecule has 0 atom stereocenters. The molecule has 0 saturated carbocycles. The van der Waals surface area contributed by atoms with Crippen molar-refractivity contribution in [3.8, 4) is 6.07 Å². The standard InChI is InChI=1S/C17H19N3S/c1-12-5-3-4-6-13(12)10-20-8-7-14-15(9-18)17(19-2)21-16(14)11-20/h3-6,19H,7-8,10-11H2,1-2H3. The number of hydrogen-bond donors (Lipinski definition) is 1. The first-order valence-electron chi connectivity index (χ1n) is 7.22. The SMILES string of the molecule is CNc1sc2c(c1C#N)CCN(Cc1ccccc1C)C2. The fraction of sp³-hybridized carbons (Fsp3) is 0.353. The predicted octanol–water partition coefficient (Wildman–Crippen LogP) is 3.53. The summed E-state index contributed by atoms with van der Waals surface area (Å²) in [5.74, 6) is 0. The lowest BCUT2D eigenvalue weighted by molar-refractivity contribution is 0.248. The van der Waals surface area contributed by atoms with Crippen molar-refractivity contribution in [3.05, 3.63) is 51.4 Å². The molecule has 0 fully saturated rings. The number of aryl methyl sites for hydroxylation is 1. The average Bonchev–Trinajstić information content (AvgIpc) is 2.86. The molecule has 0 spiro atoms. The lowest BCUT2D eigenvalue weighted by Crippen LogP contribution is -2.29. The second-order valence-corrected chi connectivity index (χ2v) is 6.56. The van der Waals surface area contributed by atoms with Crippen molar-refractivity contribution in [1.82, 2.24) is 4.90 Å². The van der Waals surface area contributed by atoms with E-state index in [9.17, 15) is 5.26 Å². The lowest BCUT2D eigenvalue weighted by atomic mass is 10.0. The van der Waals surface area contributed by atoms with E-state index in [2.05, 4.69) is 47.5 Å². The van der Waals surface area contributed by atoms with Gasteiger partial charge in [0.1, 0.15) is 11.1 Å². The third-order valence-electron chi connectivity index (χ3n) is 4.13. The van der Waals surface area contributed by atoms with Crippen molar-refractivity contribution in [2.75, 3.05) is 18.9 Å². The van der Waals surface area contributed by atoms with Crippen LogP contribution in [0.4, 0.5) is 5.00 Å². The Morgan fingerprint density at radius 3 is 2.90 bits per heavy atom. The highest BCUT2D eigenvalue weighted by Crippen LogP contribution is 2.36. The van der Waals surface area contributed by atoms with E-state index in [4.69, 9.17) is 0 Å². The zero-order valence-electron chi connectivity index (χ0n) is 12.4. The molecule has 108 valence electrons. The number of fused-ring (bicyclic) bond motifs is 1. The molecule has 0 aliphatic carbocycles. The van der Waals surface area contributed by atoms with E-state index in [1.54, 1.807) is 11.3 Å². The molecule has 3 nitrogen and oxygen atoms in total. The number of hydrogen-bond acceptors (Lipinski definition) is 4. The monoisotopic (exact) mass is 297 g/mol. The van der Waals surface area contributed by atoms with Crippen molar-refractivity contribution in [1.29, 1.82) is 5.26 Å². The molecule has 0 unspecified atom stereocenters. The van der Waals surface area contributed by atoms with Gasteiger partial charge < -0.3 is 5.32 Å². The Hall–Kier alpha value is -1.83. The highest BCUT2D eigenvalue weighted by atomic mass is 32.1. The fourth-order valence-corrected chi connectivity index (χ4v) is 4.11. The van der Waals surface area contributed by atoms with E-state index in [1.807, 2.05) is 7.05 Å². The van der Waals surface area contributed by atoms with Gasteiger partial charge in [-0.25, -0.2) is 0 Å². The number of nitriles is 1. The van der Waals surface area contributed by atoms with Crippen molar-refractivity contribution in [3.63, 3.8) is 0 Å². The maximum absolute atomic E-state index is 9.33. The topological polar surface area (TPSA) is 39.1 Å². The molecule has 2 aromatic rings. The van der Waals surface area contributed by atoms with Crippen molar-refractivity contribution in [2.24, 2.45) is 0 Å². The Labute approximate surface area is 129 Å². The molecule has 21 heavy (non-hydrogen) atoms. The van der Waals surface area contributed by atoms with E-state index in [0.717, 1.165) is 36.6 Å². The van der Waals surface area contributed by atoms with Crippen LogP contribution in [0.3, 0.4) is 0 Å². The van der Waals surface area contributed by atoms with Crippen LogP contribution < -0.4 is 5.32 Å². The maximum Gasteiger partial charge on any atom is 0.107 e. The van der Waals surface area contributed by atoms with Crippen LogP contribution in [0.15, 0.2) is 24.3 Å². The first-order valence-corrected chi connectivity index (χ1v) is 8.04. The van der Waals surface area contributed by atoms with Gasteiger partial charge in [-0.15, -0.1) is 11.3 Å². The molecule has 0 saturated heterocycles. The molecule has 1 aromatic heterocycles. The zero-order valence-corrected chi connectivity index (χ0v) is 13.3. The van der Waals surface area contributed by atoms with Crippen LogP contribution in [0.5, 0.6) is 0 Å². The van der Waals surface area contributed by atoms with Gasteiger partial charge in [0.2, 0.25) is 0 Å². The summed E-state index contributed by atoms with van der Waals surface area (Å²) in [4.78, 5) is 3.82. The van der Waals surface area contributed by atoms with Gasteiger partial charge in [-0.2, -0.15) is 5.26 Å². The summed E-state index contributed by atoms with van der Waals surface area (Å²) < 4.78 is 0. The molecule has 0 amide bonds. The summed E-state index contributed by atoms with van der Waals surface area (Å²) in [6.07, 6.45) is 0.974. The predicted molar refractivity (Wildman–Crippen MR) is 87.6 cm³/mol. The Morgan fingerprint density at radius 1 is 1.38 bits per heavy atom. The van der Waals surface area contributed by atoms with Gasteiger partial charge in [0.15, 0.2) is 0 Å². The quantitative estimate of drug-likeness (QED) is 0.942. The second kappa shape index (κ2) is 5.88. The van der Waals surface area contributed by atoms with Crippen molar-refractivity contribution >= 4 is 16.3 Å². The molecule has 3 rings (SSSR count). The number of nitrogens with one attached hydrogen (secondary N) is 1. The van der Waals surface area contributed by atoms with Crippen LogP contribution in [-0.4, -0.2) is 18.5 Å². The van der Waals surface area contributed by atoms with Crippen LogP contribution in [0.1, 0.15) is 27.1 Å². The molecule has 0 radical (unpaired) electrons. The van der Waals surface area contributed by atoms with E-state index < -0.39 is 0 Å². The maximum atomic E-state index is 9.33. The Morgan fingerprint density at radius 2 is 2.19 bits per heavy atom. The largest absolute Gasteiger partial charge is 0.379 e. The van der Waals surface area contributed by atoms with Crippen molar-refractivity contribution < 1.29 is 0 Å². The minimum absolute atomic E-state index is 0.855. The second-order valence-electron chi connectivity index (χ2n) is 5.46.